The SMILES string of the molecule is [2H]c1nc(-c2cccc(C3CCCCC3)c2)c([2H])c([2H])c1[2H]. The zero-order valence-electron chi connectivity index (χ0n) is 14.4. The molecule has 92 valence electrons. The molecule has 0 radical (unpaired) electrons. The minimum atomic E-state index is -0.280. The molecule has 1 aromatic carbocycles. The molecule has 0 atom stereocenters. The fourth-order valence-corrected chi connectivity index (χ4v) is 2.74. The summed E-state index contributed by atoms with van der Waals surface area (Å²) in [6.07, 6.45) is 5.99. The molecule has 1 saturated carbocycles. The van der Waals surface area contributed by atoms with Crippen molar-refractivity contribution in [1.82, 2.24) is 4.98 Å². The van der Waals surface area contributed by atoms with E-state index in [1.165, 1.54) is 37.7 Å². The molecular formula is C17H19N. The second kappa shape index (κ2) is 5.34. The topological polar surface area (TPSA) is 12.9 Å². The lowest BCUT2D eigenvalue weighted by Gasteiger charge is -2.22. The highest BCUT2D eigenvalue weighted by molar-refractivity contribution is 5.59. The number of hydrogen-bond donors (Lipinski definition) is 0. The van der Waals surface area contributed by atoms with Gasteiger partial charge in [0.15, 0.2) is 0 Å². The van der Waals surface area contributed by atoms with Crippen LogP contribution in [0.15, 0.2) is 48.6 Å². The minimum Gasteiger partial charge on any atom is -0.256 e. The van der Waals surface area contributed by atoms with Crippen molar-refractivity contribution in [1.29, 1.82) is 0 Å². The smallest absolute Gasteiger partial charge is 0.0840 e. The highest BCUT2D eigenvalue weighted by atomic mass is 14.7. The van der Waals surface area contributed by atoms with Crippen LogP contribution in [0, 0.1) is 0 Å². The summed E-state index contributed by atoms with van der Waals surface area (Å²) in [5, 5.41) is 0. The normalized spacial score (nSPS) is 19.8. The molecule has 0 unspecified atom stereocenters. The Morgan fingerprint density at radius 1 is 1.11 bits per heavy atom. The van der Waals surface area contributed by atoms with Gasteiger partial charge in [0.2, 0.25) is 0 Å². The van der Waals surface area contributed by atoms with Crippen LogP contribution in [0.5, 0.6) is 0 Å². The van der Waals surface area contributed by atoms with Gasteiger partial charge in [0.05, 0.1) is 11.2 Å². The largest absolute Gasteiger partial charge is 0.256 e. The van der Waals surface area contributed by atoms with E-state index in [1.807, 2.05) is 18.2 Å². The van der Waals surface area contributed by atoms with E-state index in [9.17, 15) is 0 Å². The summed E-state index contributed by atoms with van der Waals surface area (Å²) >= 11 is 0. The lowest BCUT2D eigenvalue weighted by Crippen LogP contribution is -2.04. The maximum Gasteiger partial charge on any atom is 0.0840 e. The van der Waals surface area contributed by atoms with Crippen molar-refractivity contribution in [3.8, 4) is 11.3 Å². The standard InChI is InChI=1S/C17H19N/c1-2-7-14(8-3-1)15-9-6-10-16(13-15)17-11-4-5-12-18-17/h4-6,9-14H,1-3,7-8H2/i4D,5D,11D,12D. The first-order valence-electron chi connectivity index (χ1n) is 8.62. The molecule has 1 aromatic heterocycles. The summed E-state index contributed by atoms with van der Waals surface area (Å²) in [5.74, 6) is 0.560. The third kappa shape index (κ3) is 2.45. The first-order valence-corrected chi connectivity index (χ1v) is 6.62. The lowest BCUT2D eigenvalue weighted by molar-refractivity contribution is 0.443. The van der Waals surface area contributed by atoms with Gasteiger partial charge >= 0.3 is 0 Å². The van der Waals surface area contributed by atoms with Gasteiger partial charge in [-0.05, 0) is 42.5 Å². The molecule has 1 aliphatic carbocycles. The molecular weight excluding hydrogens is 218 g/mol. The quantitative estimate of drug-likeness (QED) is 0.736. The summed E-state index contributed by atoms with van der Waals surface area (Å²) in [6.45, 7) is 0. The lowest BCUT2D eigenvalue weighted by atomic mass is 9.83. The first kappa shape index (κ1) is 7.73. The van der Waals surface area contributed by atoms with Gasteiger partial charge in [0.25, 0.3) is 0 Å². The van der Waals surface area contributed by atoms with Gasteiger partial charge in [-0.3, -0.25) is 4.98 Å². The molecule has 0 aliphatic heterocycles. The van der Waals surface area contributed by atoms with Gasteiger partial charge in [-0.25, -0.2) is 0 Å². The highest BCUT2D eigenvalue weighted by Gasteiger charge is 2.15. The minimum absolute atomic E-state index is 0.0678. The van der Waals surface area contributed by atoms with Gasteiger partial charge < -0.3 is 0 Å². The van der Waals surface area contributed by atoms with Crippen LogP contribution in [-0.2, 0) is 0 Å². The maximum atomic E-state index is 8.03. The molecule has 1 heterocycles. The van der Waals surface area contributed by atoms with Crippen molar-refractivity contribution in [2.24, 2.45) is 0 Å². The maximum absolute atomic E-state index is 8.03. The summed E-state index contributed by atoms with van der Waals surface area (Å²) in [7, 11) is 0. The van der Waals surface area contributed by atoms with Crippen LogP contribution in [0.3, 0.4) is 0 Å². The molecule has 0 bridgehead atoms. The Morgan fingerprint density at radius 2 is 2.00 bits per heavy atom. The molecule has 2 aromatic rings. The average molecular weight is 241 g/mol. The number of pyridine rings is 1. The summed E-state index contributed by atoms with van der Waals surface area (Å²) in [5.41, 5.74) is 2.37. The van der Waals surface area contributed by atoms with E-state index >= 15 is 0 Å². The van der Waals surface area contributed by atoms with Crippen LogP contribution >= 0.6 is 0 Å². The van der Waals surface area contributed by atoms with E-state index < -0.39 is 0 Å². The van der Waals surface area contributed by atoms with Gasteiger partial charge in [0, 0.05) is 11.7 Å². The van der Waals surface area contributed by atoms with Gasteiger partial charge in [-0.15, -0.1) is 0 Å². The highest BCUT2D eigenvalue weighted by Crippen LogP contribution is 2.33. The third-order valence-corrected chi connectivity index (χ3v) is 3.70. The first-order chi connectivity index (χ1) is 10.6. The molecule has 0 saturated heterocycles. The Morgan fingerprint density at radius 3 is 2.89 bits per heavy atom. The summed E-state index contributed by atoms with van der Waals surface area (Å²) in [6, 6.07) is 7.42. The summed E-state index contributed by atoms with van der Waals surface area (Å²) in [4.78, 5) is 4.06. The van der Waals surface area contributed by atoms with Crippen molar-refractivity contribution in [2.45, 2.75) is 38.0 Å². The van der Waals surface area contributed by atoms with E-state index in [-0.39, 0.29) is 24.3 Å². The fraction of sp³-hybridized carbons (Fsp3) is 0.353. The zero-order valence-corrected chi connectivity index (χ0v) is 10.4. The van der Waals surface area contributed by atoms with Crippen molar-refractivity contribution in [3.63, 3.8) is 0 Å². The van der Waals surface area contributed by atoms with E-state index in [0.29, 0.717) is 11.6 Å². The Bertz CT molecular complexity index is 693. The Hall–Kier alpha value is -1.63. The molecule has 1 aliphatic rings. The van der Waals surface area contributed by atoms with Crippen LogP contribution in [-0.4, -0.2) is 4.98 Å². The third-order valence-electron chi connectivity index (χ3n) is 3.70. The molecule has 1 heteroatoms. The van der Waals surface area contributed by atoms with Crippen molar-refractivity contribution in [3.05, 3.63) is 54.1 Å². The van der Waals surface area contributed by atoms with Crippen molar-refractivity contribution < 1.29 is 5.48 Å². The number of aromatic nitrogens is 1. The van der Waals surface area contributed by atoms with E-state index in [2.05, 4.69) is 11.1 Å². The van der Waals surface area contributed by atoms with E-state index in [0.717, 1.165) is 5.56 Å². The van der Waals surface area contributed by atoms with Gasteiger partial charge in [-0.2, -0.15) is 0 Å². The number of benzene rings is 1. The monoisotopic (exact) mass is 241 g/mol. The van der Waals surface area contributed by atoms with Gasteiger partial charge in [-0.1, -0.05) is 43.5 Å². The van der Waals surface area contributed by atoms with Crippen LogP contribution in [0.1, 0.15) is 49.1 Å². The second-order valence-electron chi connectivity index (χ2n) is 4.91. The Labute approximate surface area is 115 Å². The van der Waals surface area contributed by atoms with E-state index in [1.54, 1.807) is 0 Å². The van der Waals surface area contributed by atoms with Crippen molar-refractivity contribution in [2.75, 3.05) is 0 Å². The molecule has 1 nitrogen and oxygen atoms in total. The number of nitrogens with zero attached hydrogens (tertiary/aromatic N) is 1. The predicted octanol–water partition coefficient (Wildman–Crippen LogP) is 4.80. The Balaban J connectivity index is 2.02. The molecule has 0 amide bonds. The molecule has 1 fully saturated rings. The molecule has 0 N–H and O–H groups in total. The summed E-state index contributed by atoms with van der Waals surface area (Å²) < 4.78 is 31.1. The van der Waals surface area contributed by atoms with Crippen LogP contribution in [0.4, 0.5) is 0 Å². The number of hydrogen-bond acceptors (Lipinski definition) is 1. The Kier molecular flexibility index (Phi) is 2.29. The molecule has 0 spiro atoms. The average Bonchev–Trinajstić information content (AvgIpc) is 2.57. The van der Waals surface area contributed by atoms with Crippen LogP contribution in [0.2, 0.25) is 0 Å². The van der Waals surface area contributed by atoms with Crippen molar-refractivity contribution >= 4 is 0 Å². The fourth-order valence-electron chi connectivity index (χ4n) is 2.74. The zero-order chi connectivity index (χ0) is 15.7. The molecule has 3 rings (SSSR count). The predicted molar refractivity (Wildman–Crippen MR) is 75.5 cm³/mol. The van der Waals surface area contributed by atoms with Crippen LogP contribution < -0.4 is 0 Å². The van der Waals surface area contributed by atoms with E-state index in [4.69, 9.17) is 5.48 Å². The number of rotatable bonds is 2. The van der Waals surface area contributed by atoms with Crippen LogP contribution in [0.25, 0.3) is 11.3 Å². The molecule has 18 heavy (non-hydrogen) atoms. The van der Waals surface area contributed by atoms with Gasteiger partial charge in [0.1, 0.15) is 0 Å². The second-order valence-corrected chi connectivity index (χ2v) is 4.91.